The van der Waals surface area contributed by atoms with Crippen molar-refractivity contribution in [1.29, 1.82) is 0 Å². The van der Waals surface area contributed by atoms with Crippen molar-refractivity contribution >= 4 is 22.8 Å². The quantitative estimate of drug-likeness (QED) is 0.583. The number of benzene rings is 2. The number of likely N-dealkylation sites (tertiary alicyclic amines) is 1. The van der Waals surface area contributed by atoms with E-state index in [0.29, 0.717) is 35.4 Å². The van der Waals surface area contributed by atoms with Crippen LogP contribution < -0.4 is 0 Å². The molecule has 0 atom stereocenters. The van der Waals surface area contributed by atoms with E-state index in [1.165, 1.54) is 17.0 Å². The van der Waals surface area contributed by atoms with Gasteiger partial charge in [0.05, 0.1) is 17.0 Å². The molecule has 1 amide bonds. The molecule has 0 aliphatic carbocycles. The molecule has 4 rings (SSSR count). The molecule has 3 aromatic rings. The van der Waals surface area contributed by atoms with E-state index < -0.39 is 35.2 Å². The largest absolute Gasteiger partial charge is 0.461 e. The normalized spacial score (nSPS) is 14.6. The molecule has 0 unspecified atom stereocenters. The molecule has 1 aromatic heterocycles. The second kappa shape index (κ2) is 8.75. The van der Waals surface area contributed by atoms with Crippen LogP contribution in [-0.2, 0) is 16.1 Å². The van der Waals surface area contributed by atoms with Crippen molar-refractivity contribution in [1.82, 2.24) is 9.88 Å². The van der Waals surface area contributed by atoms with Gasteiger partial charge in [0.1, 0.15) is 24.1 Å². The first kappa shape index (κ1) is 20.8. The topological polar surface area (TPSA) is 59.5 Å². The Morgan fingerprint density at radius 2 is 1.81 bits per heavy atom. The predicted octanol–water partition coefficient (Wildman–Crippen LogP) is 4.25. The van der Waals surface area contributed by atoms with Gasteiger partial charge in [0.2, 0.25) is 0 Å². The van der Waals surface area contributed by atoms with Gasteiger partial charge in [-0.3, -0.25) is 14.6 Å². The minimum absolute atomic E-state index is 0.0352. The van der Waals surface area contributed by atoms with Crippen molar-refractivity contribution in [2.75, 3.05) is 13.1 Å². The number of hydrogen-bond donors (Lipinski definition) is 0. The third kappa shape index (κ3) is 4.38. The van der Waals surface area contributed by atoms with Crippen LogP contribution in [0, 0.1) is 23.4 Å². The van der Waals surface area contributed by atoms with Crippen molar-refractivity contribution in [3.05, 3.63) is 77.2 Å². The van der Waals surface area contributed by atoms with Crippen molar-refractivity contribution < 1.29 is 27.5 Å². The number of halogens is 3. The number of rotatable bonds is 4. The number of nitrogens with zero attached hydrogens (tertiary/aromatic N) is 2. The first-order chi connectivity index (χ1) is 14.9. The number of aromatic nitrogens is 1. The molecule has 0 bridgehead atoms. The number of carbonyl (C=O) groups excluding carboxylic acids is 2. The molecule has 31 heavy (non-hydrogen) atoms. The molecule has 0 spiro atoms. The van der Waals surface area contributed by atoms with Crippen LogP contribution in [0.1, 0.15) is 28.8 Å². The molecule has 160 valence electrons. The first-order valence-corrected chi connectivity index (χ1v) is 9.87. The molecule has 1 aliphatic heterocycles. The lowest BCUT2D eigenvalue weighted by Crippen LogP contribution is -2.41. The molecule has 5 nitrogen and oxygen atoms in total. The van der Waals surface area contributed by atoms with E-state index in [1.54, 1.807) is 18.3 Å². The van der Waals surface area contributed by atoms with Crippen molar-refractivity contribution in [3.63, 3.8) is 0 Å². The molecule has 0 saturated carbocycles. The van der Waals surface area contributed by atoms with Gasteiger partial charge in [-0.25, -0.2) is 13.2 Å². The Morgan fingerprint density at radius 1 is 1.03 bits per heavy atom. The summed E-state index contributed by atoms with van der Waals surface area (Å²) < 4.78 is 46.2. The second-order valence-electron chi connectivity index (χ2n) is 7.40. The third-order valence-electron chi connectivity index (χ3n) is 5.45. The molecule has 0 radical (unpaired) electrons. The Labute approximate surface area is 176 Å². The number of hydrogen-bond acceptors (Lipinski definition) is 4. The van der Waals surface area contributed by atoms with E-state index in [4.69, 9.17) is 4.74 Å². The summed E-state index contributed by atoms with van der Waals surface area (Å²) in [6.45, 7) is 0.486. The van der Waals surface area contributed by atoms with E-state index in [1.807, 2.05) is 0 Å². The number of amides is 1. The average molecular weight is 428 g/mol. The number of pyridine rings is 1. The van der Waals surface area contributed by atoms with Crippen LogP contribution in [0.15, 0.2) is 48.7 Å². The standard InChI is InChI=1S/C23H19F3N2O3/c24-16-4-5-18(20(26)12-16)22(29)28-10-7-14(8-11-28)23(30)31-13-15-3-6-19(25)17-2-1-9-27-21(15)17/h1-6,9,12,14H,7-8,10-11,13H2. The van der Waals surface area contributed by atoms with Gasteiger partial charge in [0.15, 0.2) is 0 Å². The lowest BCUT2D eigenvalue weighted by atomic mass is 9.96. The summed E-state index contributed by atoms with van der Waals surface area (Å²) in [5.74, 6) is -3.40. The Morgan fingerprint density at radius 3 is 2.55 bits per heavy atom. The molecule has 8 heteroatoms. The summed E-state index contributed by atoms with van der Waals surface area (Å²) in [5, 5.41) is 0.357. The fraction of sp³-hybridized carbons (Fsp3) is 0.261. The molecule has 2 heterocycles. The maximum absolute atomic E-state index is 13.9. The van der Waals surface area contributed by atoms with E-state index in [2.05, 4.69) is 4.98 Å². The molecule has 1 fully saturated rings. The lowest BCUT2D eigenvalue weighted by Gasteiger charge is -2.31. The molecule has 1 aliphatic rings. The molecule has 0 N–H and O–H groups in total. The van der Waals surface area contributed by atoms with Gasteiger partial charge in [0, 0.05) is 36.3 Å². The third-order valence-corrected chi connectivity index (χ3v) is 5.45. The number of fused-ring (bicyclic) bond motifs is 1. The van der Waals surface area contributed by atoms with Crippen molar-refractivity contribution in [2.24, 2.45) is 5.92 Å². The number of carbonyl (C=O) groups is 2. The molecule has 1 saturated heterocycles. The number of piperidine rings is 1. The minimum Gasteiger partial charge on any atom is -0.461 e. The zero-order valence-electron chi connectivity index (χ0n) is 16.5. The Bertz CT molecular complexity index is 1140. The van der Waals surface area contributed by atoms with Crippen LogP contribution in [0.25, 0.3) is 10.9 Å². The van der Waals surface area contributed by atoms with Crippen LogP contribution in [0.5, 0.6) is 0 Å². The van der Waals surface area contributed by atoms with Crippen LogP contribution in [0.4, 0.5) is 13.2 Å². The van der Waals surface area contributed by atoms with Crippen molar-refractivity contribution in [3.8, 4) is 0 Å². The zero-order valence-corrected chi connectivity index (χ0v) is 16.5. The van der Waals surface area contributed by atoms with Gasteiger partial charge in [0.25, 0.3) is 5.91 Å². The van der Waals surface area contributed by atoms with Crippen LogP contribution >= 0.6 is 0 Å². The highest BCUT2D eigenvalue weighted by atomic mass is 19.1. The summed E-state index contributed by atoms with van der Waals surface area (Å²) in [6, 6.07) is 8.92. The molecule has 2 aromatic carbocycles. The van der Waals surface area contributed by atoms with Gasteiger partial charge < -0.3 is 9.64 Å². The number of esters is 1. The van der Waals surface area contributed by atoms with Gasteiger partial charge in [-0.05, 0) is 43.2 Å². The van der Waals surface area contributed by atoms with E-state index in [0.717, 1.165) is 12.1 Å². The zero-order chi connectivity index (χ0) is 22.0. The van der Waals surface area contributed by atoms with Gasteiger partial charge in [-0.1, -0.05) is 6.07 Å². The van der Waals surface area contributed by atoms with Crippen LogP contribution in [-0.4, -0.2) is 34.8 Å². The highest BCUT2D eigenvalue weighted by Crippen LogP contribution is 2.24. The summed E-state index contributed by atoms with van der Waals surface area (Å²) in [5.41, 5.74) is 0.847. The second-order valence-corrected chi connectivity index (χ2v) is 7.40. The predicted molar refractivity (Wildman–Crippen MR) is 106 cm³/mol. The Balaban J connectivity index is 1.35. The van der Waals surface area contributed by atoms with E-state index in [9.17, 15) is 22.8 Å². The monoisotopic (exact) mass is 428 g/mol. The summed E-state index contributed by atoms with van der Waals surface area (Å²) in [6.07, 6.45) is 2.29. The maximum atomic E-state index is 13.9. The van der Waals surface area contributed by atoms with Crippen LogP contribution in [0.2, 0.25) is 0 Å². The van der Waals surface area contributed by atoms with Gasteiger partial charge in [-0.15, -0.1) is 0 Å². The average Bonchev–Trinajstić information content (AvgIpc) is 2.78. The van der Waals surface area contributed by atoms with Crippen molar-refractivity contribution in [2.45, 2.75) is 19.4 Å². The molecular weight excluding hydrogens is 409 g/mol. The highest BCUT2D eigenvalue weighted by Gasteiger charge is 2.30. The van der Waals surface area contributed by atoms with Crippen LogP contribution in [0.3, 0.4) is 0 Å². The summed E-state index contributed by atoms with van der Waals surface area (Å²) in [4.78, 5) is 30.6. The SMILES string of the molecule is O=C(OCc1ccc(F)c2cccnc12)C1CCN(C(=O)c2ccc(F)cc2F)CC1. The van der Waals surface area contributed by atoms with Gasteiger partial charge >= 0.3 is 5.97 Å². The fourth-order valence-corrected chi connectivity index (χ4v) is 3.73. The van der Waals surface area contributed by atoms with Gasteiger partial charge in [-0.2, -0.15) is 0 Å². The minimum atomic E-state index is -0.910. The summed E-state index contributed by atoms with van der Waals surface area (Å²) in [7, 11) is 0. The lowest BCUT2D eigenvalue weighted by molar-refractivity contribution is -0.151. The fourth-order valence-electron chi connectivity index (χ4n) is 3.73. The number of ether oxygens (including phenoxy) is 1. The van der Waals surface area contributed by atoms with E-state index >= 15 is 0 Å². The molecular formula is C23H19F3N2O3. The summed E-state index contributed by atoms with van der Waals surface area (Å²) >= 11 is 0. The maximum Gasteiger partial charge on any atom is 0.309 e. The highest BCUT2D eigenvalue weighted by molar-refractivity contribution is 5.94. The Hall–Kier alpha value is -3.42. The van der Waals surface area contributed by atoms with E-state index in [-0.39, 0.29) is 25.3 Å². The smallest absolute Gasteiger partial charge is 0.309 e. The Kier molecular flexibility index (Phi) is 5.88. The first-order valence-electron chi connectivity index (χ1n) is 9.87.